The number of hydrogen-bond acceptors (Lipinski definition) is 1. The van der Waals surface area contributed by atoms with Crippen LogP contribution in [0.5, 0.6) is 0 Å². The minimum Gasteiger partial charge on any atom is -0.295 e. The van der Waals surface area contributed by atoms with Crippen LogP contribution in [-0.4, -0.2) is 3.11 Å². The Hall–Kier alpha value is -0.510. The lowest BCUT2D eigenvalue weighted by Gasteiger charge is -2.22. The van der Waals surface area contributed by atoms with Crippen LogP contribution in [0.15, 0.2) is 48.9 Å². The van der Waals surface area contributed by atoms with Crippen LogP contribution >= 0.6 is 22.9 Å². The lowest BCUT2D eigenvalue weighted by atomic mass is 9.92. The fourth-order valence-electron chi connectivity index (χ4n) is 2.75. The summed E-state index contributed by atoms with van der Waals surface area (Å²) >= 11 is 2.43. The molecule has 0 radical (unpaired) electrons. The van der Waals surface area contributed by atoms with Crippen molar-refractivity contribution < 1.29 is 0 Å². The first-order valence-electron chi connectivity index (χ1n) is 9.64. The molecule has 138 valence electrons. The molecule has 2 heteroatoms. The first kappa shape index (κ1) is 23.5. The van der Waals surface area contributed by atoms with Crippen LogP contribution < -0.4 is 0 Å². The van der Waals surface area contributed by atoms with Crippen molar-refractivity contribution in [2.75, 3.05) is 0 Å². The second-order valence-corrected chi connectivity index (χ2v) is 7.98. The van der Waals surface area contributed by atoms with Gasteiger partial charge in [-0.2, -0.15) is 0 Å². The minimum absolute atomic E-state index is 0.766. The third kappa shape index (κ3) is 12.9. The van der Waals surface area contributed by atoms with E-state index in [0.717, 1.165) is 11.8 Å². The molecule has 0 fully saturated rings. The zero-order chi connectivity index (χ0) is 18.2. The van der Waals surface area contributed by atoms with Crippen LogP contribution in [0.2, 0.25) is 0 Å². The predicted molar refractivity (Wildman–Crippen MR) is 119 cm³/mol. The van der Waals surface area contributed by atoms with E-state index >= 15 is 0 Å². The Kier molecular flexibility index (Phi) is 15.6. The quantitative estimate of drug-likeness (QED) is 0.149. The normalized spacial score (nSPS) is 14.0. The van der Waals surface area contributed by atoms with Crippen molar-refractivity contribution in [3.05, 3.63) is 48.9 Å². The average Bonchev–Trinajstić information content (AvgIpc) is 2.55. The zero-order valence-electron chi connectivity index (χ0n) is 16.3. The summed E-state index contributed by atoms with van der Waals surface area (Å²) in [7, 11) is 0. The van der Waals surface area contributed by atoms with Crippen molar-refractivity contribution in [1.29, 1.82) is 0 Å². The minimum atomic E-state index is 0.766. The molecule has 1 nitrogen and oxygen atoms in total. The van der Waals surface area contributed by atoms with Gasteiger partial charge >= 0.3 is 0 Å². The molecule has 0 heterocycles. The third-order valence-corrected chi connectivity index (χ3v) is 5.08. The molecular weight excluding hydrogens is 405 g/mol. The number of unbranched alkanes of at least 4 members (excludes halogenated alkanes) is 1. The first-order valence-corrected chi connectivity index (χ1v) is 10.6. The van der Waals surface area contributed by atoms with Gasteiger partial charge in [-0.05, 0) is 37.2 Å². The van der Waals surface area contributed by atoms with Crippen molar-refractivity contribution in [3.8, 4) is 0 Å². The molecule has 0 rings (SSSR count). The highest BCUT2D eigenvalue weighted by Gasteiger charge is 2.13. The van der Waals surface area contributed by atoms with E-state index in [-0.39, 0.29) is 0 Å². The van der Waals surface area contributed by atoms with Gasteiger partial charge in [0.2, 0.25) is 0 Å². The molecule has 24 heavy (non-hydrogen) atoms. The molecule has 0 aromatic carbocycles. The van der Waals surface area contributed by atoms with Crippen LogP contribution in [0, 0.1) is 11.8 Å². The molecule has 0 bridgehead atoms. The van der Waals surface area contributed by atoms with Crippen molar-refractivity contribution in [3.63, 3.8) is 0 Å². The molecule has 0 aromatic heterocycles. The lowest BCUT2D eigenvalue weighted by Crippen LogP contribution is -2.10. The van der Waals surface area contributed by atoms with Gasteiger partial charge in [-0.1, -0.05) is 90.7 Å². The van der Waals surface area contributed by atoms with E-state index in [1.165, 1.54) is 57.1 Å². The summed E-state index contributed by atoms with van der Waals surface area (Å²) in [6.07, 6.45) is 22.8. The summed E-state index contributed by atoms with van der Waals surface area (Å²) in [6, 6.07) is 0. The number of allylic oxidation sites excluding steroid dienone is 6. The van der Waals surface area contributed by atoms with E-state index in [0.29, 0.717) is 0 Å². The highest BCUT2D eigenvalue weighted by atomic mass is 127. The fourth-order valence-corrected chi connectivity index (χ4v) is 3.33. The number of nitrogens with zero attached hydrogens (tertiary/aromatic N) is 1. The summed E-state index contributed by atoms with van der Waals surface area (Å²) < 4.78 is 2.28. The fraction of sp³-hybridized carbons (Fsp3) is 0.636. The van der Waals surface area contributed by atoms with E-state index < -0.39 is 0 Å². The Morgan fingerprint density at radius 2 is 1.79 bits per heavy atom. The smallest absolute Gasteiger partial charge is 0.0637 e. The summed E-state index contributed by atoms with van der Waals surface area (Å²) in [6.45, 7) is 12.9. The van der Waals surface area contributed by atoms with E-state index in [1.54, 1.807) is 0 Å². The Labute approximate surface area is 165 Å². The molecule has 0 saturated carbocycles. The Balaban J connectivity index is 4.96. The van der Waals surface area contributed by atoms with E-state index in [4.69, 9.17) is 0 Å². The second-order valence-electron chi connectivity index (χ2n) is 6.94. The summed E-state index contributed by atoms with van der Waals surface area (Å²) in [5.41, 5.74) is 1.47. The van der Waals surface area contributed by atoms with Gasteiger partial charge in [0.1, 0.15) is 0 Å². The van der Waals surface area contributed by atoms with E-state index in [1.807, 2.05) is 18.2 Å². The monoisotopic (exact) mass is 443 g/mol. The first-order chi connectivity index (χ1) is 11.5. The highest BCUT2D eigenvalue weighted by molar-refractivity contribution is 14.1. The molecule has 0 aliphatic rings. The highest BCUT2D eigenvalue weighted by Crippen LogP contribution is 2.27. The van der Waals surface area contributed by atoms with Crippen LogP contribution in [0.3, 0.4) is 0 Å². The third-order valence-electron chi connectivity index (χ3n) is 4.13. The van der Waals surface area contributed by atoms with Gasteiger partial charge in [-0.25, -0.2) is 0 Å². The van der Waals surface area contributed by atoms with Crippen molar-refractivity contribution in [2.45, 2.75) is 79.1 Å². The topological polar surface area (TPSA) is 3.24 Å². The Bertz CT molecular complexity index is 393. The zero-order valence-corrected chi connectivity index (χ0v) is 18.5. The Morgan fingerprint density at radius 1 is 1.04 bits per heavy atom. The van der Waals surface area contributed by atoms with Crippen molar-refractivity contribution in [1.82, 2.24) is 3.11 Å². The maximum atomic E-state index is 3.71. The van der Waals surface area contributed by atoms with Gasteiger partial charge in [-0.15, -0.1) is 0 Å². The maximum Gasteiger partial charge on any atom is 0.0637 e. The van der Waals surface area contributed by atoms with Gasteiger partial charge in [0.05, 0.1) is 22.9 Å². The predicted octanol–water partition coefficient (Wildman–Crippen LogP) is 8.21. The number of hydrogen-bond donors (Lipinski definition) is 0. The molecule has 0 N–H and O–H groups in total. The summed E-state index contributed by atoms with van der Waals surface area (Å²) in [4.78, 5) is 0. The molecule has 0 amide bonds. The SMILES string of the molecule is C=C/C=C\C=C\N(I)/C(=C/CCC(C)C)CC(CCC)CCCC. The largest absolute Gasteiger partial charge is 0.295 e. The van der Waals surface area contributed by atoms with Crippen LogP contribution in [0.25, 0.3) is 0 Å². The average molecular weight is 443 g/mol. The molecule has 0 aliphatic heterocycles. The second kappa shape index (κ2) is 16.0. The van der Waals surface area contributed by atoms with Gasteiger partial charge < -0.3 is 0 Å². The van der Waals surface area contributed by atoms with Crippen LogP contribution in [0.1, 0.15) is 79.1 Å². The summed E-state index contributed by atoms with van der Waals surface area (Å²) in [5.74, 6) is 1.58. The standard InChI is InChI=1S/C22H38IN/c1-6-9-11-12-18-24(23)22(17-13-15-20(4)5)19-21(14-8-3)16-10-7-2/h6,9,11-12,17-18,20-21H,1,7-8,10,13-16,19H2,2-5H3/b11-9-,18-12+,22-17+. The lowest BCUT2D eigenvalue weighted by molar-refractivity contribution is 0.411. The van der Waals surface area contributed by atoms with Crippen molar-refractivity contribution >= 4 is 22.9 Å². The van der Waals surface area contributed by atoms with E-state index in [2.05, 4.69) is 78.6 Å². The molecule has 0 aliphatic carbocycles. The van der Waals surface area contributed by atoms with Gasteiger partial charge in [0.15, 0.2) is 0 Å². The van der Waals surface area contributed by atoms with Gasteiger partial charge in [0.25, 0.3) is 0 Å². The van der Waals surface area contributed by atoms with Gasteiger partial charge in [-0.3, -0.25) is 3.11 Å². The molecular formula is C22H38IN. The summed E-state index contributed by atoms with van der Waals surface area (Å²) in [5, 5.41) is 0. The number of rotatable bonds is 14. The maximum absolute atomic E-state index is 3.71. The molecule has 1 atom stereocenters. The van der Waals surface area contributed by atoms with E-state index in [9.17, 15) is 0 Å². The number of halogens is 1. The molecule has 0 spiro atoms. The van der Waals surface area contributed by atoms with Crippen LogP contribution in [0.4, 0.5) is 0 Å². The van der Waals surface area contributed by atoms with Gasteiger partial charge in [0, 0.05) is 11.9 Å². The molecule has 0 aromatic rings. The van der Waals surface area contributed by atoms with Crippen LogP contribution in [-0.2, 0) is 0 Å². The van der Waals surface area contributed by atoms with Crippen molar-refractivity contribution in [2.24, 2.45) is 11.8 Å². The Morgan fingerprint density at radius 3 is 2.38 bits per heavy atom. The molecule has 1 unspecified atom stereocenters. The molecule has 0 saturated heterocycles.